The van der Waals surface area contributed by atoms with Gasteiger partial charge in [0.25, 0.3) is 5.91 Å². The van der Waals surface area contributed by atoms with Crippen LogP contribution in [0, 0.1) is 5.92 Å². The van der Waals surface area contributed by atoms with Crippen LogP contribution in [0.25, 0.3) is 11.4 Å². The van der Waals surface area contributed by atoms with Gasteiger partial charge in [-0.2, -0.15) is 5.10 Å². The standard InChI is InChI=1S/C21H29N5O2/c1-2-19-22-20(24-23-19)17-5-7-18(8-6-17)21(27)26-9-3-4-16(15-26)14-25-10-12-28-13-11-25/h5-8,16H,2-4,9-15H2,1H3,(H,22,23,24)/t16-/m1/s1. The van der Waals surface area contributed by atoms with Crippen molar-refractivity contribution in [2.24, 2.45) is 5.92 Å². The molecule has 4 rings (SSSR count). The topological polar surface area (TPSA) is 74.3 Å². The minimum atomic E-state index is 0.127. The molecule has 7 heteroatoms. The van der Waals surface area contributed by atoms with Crippen LogP contribution in [0.1, 0.15) is 35.9 Å². The molecule has 1 amide bonds. The first-order chi connectivity index (χ1) is 13.7. The maximum absolute atomic E-state index is 13.0. The van der Waals surface area contributed by atoms with Gasteiger partial charge < -0.3 is 9.64 Å². The average Bonchev–Trinajstić information content (AvgIpc) is 3.24. The maximum atomic E-state index is 13.0. The Kier molecular flexibility index (Phi) is 6.02. The van der Waals surface area contributed by atoms with E-state index in [2.05, 4.69) is 20.1 Å². The molecule has 1 N–H and O–H groups in total. The van der Waals surface area contributed by atoms with Gasteiger partial charge in [0.05, 0.1) is 13.2 Å². The quantitative estimate of drug-likeness (QED) is 0.857. The lowest BCUT2D eigenvalue weighted by Gasteiger charge is -2.36. The van der Waals surface area contributed by atoms with Crippen LogP contribution in [0.5, 0.6) is 0 Å². The second kappa shape index (κ2) is 8.84. The van der Waals surface area contributed by atoms with Crippen LogP contribution >= 0.6 is 0 Å². The molecular weight excluding hydrogens is 354 g/mol. The van der Waals surface area contributed by atoms with Crippen LogP contribution in [0.4, 0.5) is 0 Å². The molecule has 0 saturated carbocycles. The number of ether oxygens (including phenoxy) is 1. The third-order valence-corrected chi connectivity index (χ3v) is 5.68. The molecule has 1 aromatic heterocycles. The summed E-state index contributed by atoms with van der Waals surface area (Å²) in [6.07, 6.45) is 3.10. The molecular formula is C21H29N5O2. The van der Waals surface area contributed by atoms with Crippen molar-refractivity contribution < 1.29 is 9.53 Å². The van der Waals surface area contributed by atoms with Crippen molar-refractivity contribution in [2.45, 2.75) is 26.2 Å². The molecule has 1 aromatic carbocycles. The molecule has 1 atom stereocenters. The molecule has 0 unspecified atom stereocenters. The molecule has 2 aliphatic rings. The maximum Gasteiger partial charge on any atom is 0.253 e. The van der Waals surface area contributed by atoms with Gasteiger partial charge in [-0.3, -0.25) is 14.8 Å². The van der Waals surface area contributed by atoms with Gasteiger partial charge in [-0.25, -0.2) is 4.98 Å². The van der Waals surface area contributed by atoms with E-state index in [0.717, 1.165) is 75.7 Å². The number of carbonyl (C=O) groups is 1. The SMILES string of the molecule is CCc1nc(-c2ccc(C(=O)N3CCC[C@H](CN4CCOCC4)C3)cc2)n[nH]1. The van der Waals surface area contributed by atoms with Gasteiger partial charge in [0, 0.05) is 50.3 Å². The third kappa shape index (κ3) is 4.42. The number of likely N-dealkylation sites (tertiary alicyclic amines) is 1. The number of aromatic amines is 1. The minimum Gasteiger partial charge on any atom is -0.379 e. The van der Waals surface area contributed by atoms with Gasteiger partial charge in [-0.05, 0) is 30.9 Å². The van der Waals surface area contributed by atoms with Crippen molar-refractivity contribution in [3.63, 3.8) is 0 Å². The van der Waals surface area contributed by atoms with Gasteiger partial charge in [0.2, 0.25) is 0 Å². The van der Waals surface area contributed by atoms with Crippen molar-refractivity contribution in [2.75, 3.05) is 45.9 Å². The second-order valence-electron chi connectivity index (χ2n) is 7.71. The summed E-state index contributed by atoms with van der Waals surface area (Å²) in [6.45, 7) is 8.46. The van der Waals surface area contributed by atoms with Gasteiger partial charge >= 0.3 is 0 Å². The summed E-state index contributed by atoms with van der Waals surface area (Å²) in [5.74, 6) is 2.23. The zero-order valence-corrected chi connectivity index (χ0v) is 16.6. The van der Waals surface area contributed by atoms with Crippen LogP contribution in [0.2, 0.25) is 0 Å². The summed E-state index contributed by atoms with van der Waals surface area (Å²) in [4.78, 5) is 21.9. The Morgan fingerprint density at radius 1 is 1.21 bits per heavy atom. The smallest absolute Gasteiger partial charge is 0.253 e. The fourth-order valence-electron chi connectivity index (χ4n) is 4.07. The third-order valence-electron chi connectivity index (χ3n) is 5.68. The van der Waals surface area contributed by atoms with Crippen LogP contribution < -0.4 is 0 Å². The van der Waals surface area contributed by atoms with Crippen molar-refractivity contribution in [1.82, 2.24) is 25.0 Å². The lowest BCUT2D eigenvalue weighted by atomic mass is 9.96. The first-order valence-corrected chi connectivity index (χ1v) is 10.3. The van der Waals surface area contributed by atoms with E-state index in [-0.39, 0.29) is 5.91 Å². The fraction of sp³-hybridized carbons (Fsp3) is 0.571. The molecule has 0 aliphatic carbocycles. The Morgan fingerprint density at radius 3 is 2.71 bits per heavy atom. The normalized spacial score (nSPS) is 21.0. The molecule has 2 fully saturated rings. The van der Waals surface area contributed by atoms with Crippen molar-refractivity contribution in [1.29, 1.82) is 0 Å². The van der Waals surface area contributed by atoms with E-state index in [4.69, 9.17) is 4.74 Å². The largest absolute Gasteiger partial charge is 0.379 e. The van der Waals surface area contributed by atoms with Crippen LogP contribution in [-0.4, -0.2) is 76.8 Å². The number of aryl methyl sites for hydroxylation is 1. The molecule has 3 heterocycles. The zero-order chi connectivity index (χ0) is 19.3. The molecule has 2 saturated heterocycles. The lowest BCUT2D eigenvalue weighted by molar-refractivity contribution is 0.0224. The number of rotatable bonds is 5. The number of H-pyrrole nitrogens is 1. The van der Waals surface area contributed by atoms with E-state index in [1.807, 2.05) is 36.1 Å². The molecule has 150 valence electrons. The Bertz CT molecular complexity index is 782. The number of carbonyl (C=O) groups excluding carboxylic acids is 1. The summed E-state index contributed by atoms with van der Waals surface area (Å²) in [5, 5.41) is 7.18. The van der Waals surface area contributed by atoms with Crippen molar-refractivity contribution in [3.8, 4) is 11.4 Å². The Hall–Kier alpha value is -2.25. The predicted octanol–water partition coefficient (Wildman–Crippen LogP) is 2.22. The number of nitrogens with one attached hydrogen (secondary N) is 1. The van der Waals surface area contributed by atoms with E-state index in [0.29, 0.717) is 11.7 Å². The summed E-state index contributed by atoms with van der Waals surface area (Å²) in [7, 11) is 0. The van der Waals surface area contributed by atoms with Crippen LogP contribution in [-0.2, 0) is 11.2 Å². The van der Waals surface area contributed by atoms with Gasteiger partial charge in [-0.1, -0.05) is 19.1 Å². The average molecular weight is 383 g/mol. The van der Waals surface area contributed by atoms with Gasteiger partial charge in [0.15, 0.2) is 5.82 Å². The summed E-state index contributed by atoms with van der Waals surface area (Å²) in [5.41, 5.74) is 1.67. The number of hydrogen-bond acceptors (Lipinski definition) is 5. The number of piperidine rings is 1. The highest BCUT2D eigenvalue weighted by Gasteiger charge is 2.26. The first-order valence-electron chi connectivity index (χ1n) is 10.3. The molecule has 0 bridgehead atoms. The van der Waals surface area contributed by atoms with E-state index in [1.54, 1.807) is 0 Å². The number of nitrogens with zero attached hydrogens (tertiary/aromatic N) is 4. The van der Waals surface area contributed by atoms with E-state index < -0.39 is 0 Å². The number of benzene rings is 1. The van der Waals surface area contributed by atoms with Gasteiger partial charge in [0.1, 0.15) is 5.82 Å². The summed E-state index contributed by atoms with van der Waals surface area (Å²) in [6, 6.07) is 7.66. The number of aromatic nitrogens is 3. The predicted molar refractivity (Wildman–Crippen MR) is 107 cm³/mol. The molecule has 7 nitrogen and oxygen atoms in total. The highest BCUT2D eigenvalue weighted by atomic mass is 16.5. The zero-order valence-electron chi connectivity index (χ0n) is 16.6. The minimum absolute atomic E-state index is 0.127. The fourth-order valence-corrected chi connectivity index (χ4v) is 4.07. The van der Waals surface area contributed by atoms with Gasteiger partial charge in [-0.15, -0.1) is 0 Å². The van der Waals surface area contributed by atoms with Crippen molar-refractivity contribution in [3.05, 3.63) is 35.7 Å². The highest BCUT2D eigenvalue weighted by molar-refractivity contribution is 5.94. The van der Waals surface area contributed by atoms with Crippen LogP contribution in [0.3, 0.4) is 0 Å². The van der Waals surface area contributed by atoms with E-state index >= 15 is 0 Å². The lowest BCUT2D eigenvalue weighted by Crippen LogP contribution is -2.46. The number of morpholine rings is 1. The number of amides is 1. The molecule has 0 radical (unpaired) electrons. The molecule has 2 aromatic rings. The summed E-state index contributed by atoms with van der Waals surface area (Å²) >= 11 is 0. The molecule has 2 aliphatic heterocycles. The second-order valence-corrected chi connectivity index (χ2v) is 7.71. The Balaban J connectivity index is 1.37. The van der Waals surface area contributed by atoms with Crippen LogP contribution in [0.15, 0.2) is 24.3 Å². The highest BCUT2D eigenvalue weighted by Crippen LogP contribution is 2.22. The molecule has 28 heavy (non-hydrogen) atoms. The first kappa shape index (κ1) is 19.1. The summed E-state index contributed by atoms with van der Waals surface area (Å²) < 4.78 is 5.44. The van der Waals surface area contributed by atoms with Crippen molar-refractivity contribution >= 4 is 5.91 Å². The monoisotopic (exact) mass is 383 g/mol. The van der Waals surface area contributed by atoms with E-state index in [9.17, 15) is 4.79 Å². The van der Waals surface area contributed by atoms with E-state index in [1.165, 1.54) is 6.42 Å². The molecule has 0 spiro atoms. The Labute approximate surface area is 166 Å². The Morgan fingerprint density at radius 2 is 2.00 bits per heavy atom. The number of hydrogen-bond donors (Lipinski definition) is 1.